The van der Waals surface area contributed by atoms with Gasteiger partial charge in [0.05, 0.1) is 29.6 Å². The molecule has 1 saturated heterocycles. The van der Waals surface area contributed by atoms with Crippen LogP contribution in [0.15, 0.2) is 59.5 Å². The van der Waals surface area contributed by atoms with Crippen LogP contribution in [-0.2, 0) is 21.4 Å². The van der Waals surface area contributed by atoms with Gasteiger partial charge in [-0.05, 0) is 65.2 Å². The van der Waals surface area contributed by atoms with Crippen molar-refractivity contribution >= 4 is 32.4 Å². The van der Waals surface area contributed by atoms with E-state index in [0.717, 1.165) is 10.8 Å². The molecule has 3 aromatic carbocycles. The number of benzene rings is 3. The molecule has 1 aliphatic heterocycles. The number of ether oxygens (including phenoxy) is 1. The van der Waals surface area contributed by atoms with Crippen molar-refractivity contribution in [1.29, 1.82) is 5.26 Å². The number of nitriles is 1. The summed E-state index contributed by atoms with van der Waals surface area (Å²) < 4.78 is 33.5. The van der Waals surface area contributed by atoms with Crippen molar-refractivity contribution in [2.24, 2.45) is 5.92 Å². The monoisotopic (exact) mass is 464 g/mol. The maximum absolute atomic E-state index is 12.9. The van der Waals surface area contributed by atoms with Gasteiger partial charge in [0.15, 0.2) is 0 Å². The van der Waals surface area contributed by atoms with Gasteiger partial charge in [0, 0.05) is 25.3 Å². The van der Waals surface area contributed by atoms with E-state index in [9.17, 15) is 13.2 Å². The van der Waals surface area contributed by atoms with Crippen molar-refractivity contribution in [1.82, 2.24) is 9.62 Å². The molecule has 9 heteroatoms. The van der Waals surface area contributed by atoms with Gasteiger partial charge in [-0.15, -0.1) is 0 Å². The number of hydrogen-bond acceptors (Lipinski definition) is 6. The first-order valence-electron chi connectivity index (χ1n) is 10.5. The lowest BCUT2D eigenvalue weighted by Crippen LogP contribution is -2.34. The summed E-state index contributed by atoms with van der Waals surface area (Å²) in [7, 11) is -2.24. The lowest BCUT2D eigenvalue weighted by molar-refractivity contribution is -0.131. The fourth-order valence-corrected chi connectivity index (χ4v) is 5.07. The van der Waals surface area contributed by atoms with Crippen LogP contribution in [0.4, 0.5) is 5.69 Å². The summed E-state index contributed by atoms with van der Waals surface area (Å²) in [5, 5.41) is 10.7. The SMILES string of the molecule is COc1ccc2ccc(S(=O)(=O)NCC3CCN(Cc4cc(C#N)ccc4N)C3=O)cc2c1. The molecule has 0 aliphatic carbocycles. The summed E-state index contributed by atoms with van der Waals surface area (Å²) in [6, 6.07) is 17.4. The predicted octanol–water partition coefficient (Wildman–Crippen LogP) is 2.63. The molecular formula is C24H24N4O4S. The summed E-state index contributed by atoms with van der Waals surface area (Å²) in [6.45, 7) is 0.800. The zero-order valence-electron chi connectivity index (χ0n) is 18.1. The quantitative estimate of drug-likeness (QED) is 0.518. The van der Waals surface area contributed by atoms with Crippen LogP contribution >= 0.6 is 0 Å². The molecule has 1 aliphatic rings. The van der Waals surface area contributed by atoms with Gasteiger partial charge >= 0.3 is 0 Å². The first-order valence-corrected chi connectivity index (χ1v) is 11.9. The van der Waals surface area contributed by atoms with E-state index in [1.54, 1.807) is 54.5 Å². The van der Waals surface area contributed by atoms with Gasteiger partial charge in [-0.2, -0.15) is 5.26 Å². The van der Waals surface area contributed by atoms with E-state index in [2.05, 4.69) is 10.8 Å². The van der Waals surface area contributed by atoms with Crippen molar-refractivity contribution in [2.45, 2.75) is 17.9 Å². The van der Waals surface area contributed by atoms with Crippen LogP contribution in [0.2, 0.25) is 0 Å². The van der Waals surface area contributed by atoms with Gasteiger partial charge in [-0.1, -0.05) is 12.1 Å². The molecule has 3 N–H and O–H groups in total. The number of carbonyl (C=O) groups excluding carboxylic acids is 1. The Morgan fingerprint density at radius 2 is 1.94 bits per heavy atom. The Morgan fingerprint density at radius 3 is 2.70 bits per heavy atom. The highest BCUT2D eigenvalue weighted by molar-refractivity contribution is 7.89. The average molecular weight is 465 g/mol. The first-order chi connectivity index (χ1) is 15.8. The molecule has 1 fully saturated rings. The van der Waals surface area contributed by atoms with Crippen LogP contribution in [0, 0.1) is 17.2 Å². The van der Waals surface area contributed by atoms with Gasteiger partial charge in [-0.3, -0.25) is 4.79 Å². The van der Waals surface area contributed by atoms with E-state index < -0.39 is 15.9 Å². The number of nitrogens with two attached hydrogens (primary N) is 1. The molecule has 4 rings (SSSR count). The van der Waals surface area contributed by atoms with Crippen LogP contribution in [0.1, 0.15) is 17.5 Å². The molecule has 170 valence electrons. The largest absolute Gasteiger partial charge is 0.497 e. The molecule has 1 amide bonds. The molecule has 0 radical (unpaired) electrons. The molecule has 1 atom stereocenters. The molecule has 8 nitrogen and oxygen atoms in total. The van der Waals surface area contributed by atoms with E-state index in [1.165, 1.54) is 0 Å². The lowest BCUT2D eigenvalue weighted by Gasteiger charge is -2.18. The number of carbonyl (C=O) groups is 1. The summed E-state index contributed by atoms with van der Waals surface area (Å²) in [6.07, 6.45) is 0.536. The van der Waals surface area contributed by atoms with E-state index in [-0.39, 0.29) is 23.9 Å². The highest BCUT2D eigenvalue weighted by atomic mass is 32.2. The van der Waals surface area contributed by atoms with E-state index in [0.29, 0.717) is 35.5 Å². The molecule has 33 heavy (non-hydrogen) atoms. The summed E-state index contributed by atoms with van der Waals surface area (Å²) in [5.41, 5.74) is 7.69. The predicted molar refractivity (Wildman–Crippen MR) is 125 cm³/mol. The second kappa shape index (κ2) is 9.10. The minimum Gasteiger partial charge on any atom is -0.497 e. The van der Waals surface area contributed by atoms with Crippen LogP contribution in [0.5, 0.6) is 5.75 Å². The molecule has 1 unspecified atom stereocenters. The zero-order chi connectivity index (χ0) is 23.6. The number of anilines is 1. The van der Waals surface area contributed by atoms with Crippen molar-refractivity contribution in [3.63, 3.8) is 0 Å². The number of fused-ring (bicyclic) bond motifs is 1. The third-order valence-electron chi connectivity index (χ3n) is 5.89. The maximum atomic E-state index is 12.9. The smallest absolute Gasteiger partial charge is 0.240 e. The number of likely N-dealkylation sites (tertiary alicyclic amines) is 1. The maximum Gasteiger partial charge on any atom is 0.240 e. The molecule has 1 heterocycles. The molecule has 0 spiro atoms. The third-order valence-corrected chi connectivity index (χ3v) is 7.31. The fourth-order valence-electron chi connectivity index (χ4n) is 3.96. The van der Waals surface area contributed by atoms with Crippen molar-refractivity contribution in [3.05, 3.63) is 65.7 Å². The number of sulfonamides is 1. The summed E-state index contributed by atoms with van der Waals surface area (Å²) in [4.78, 5) is 14.6. The van der Waals surface area contributed by atoms with E-state index in [4.69, 9.17) is 15.7 Å². The van der Waals surface area contributed by atoms with Crippen LogP contribution in [-0.4, -0.2) is 39.4 Å². The molecule has 3 aromatic rings. The highest BCUT2D eigenvalue weighted by Crippen LogP contribution is 2.25. The molecule has 0 saturated carbocycles. The highest BCUT2D eigenvalue weighted by Gasteiger charge is 2.32. The molecular weight excluding hydrogens is 440 g/mol. The average Bonchev–Trinajstić information content (AvgIpc) is 3.17. The van der Waals surface area contributed by atoms with Gasteiger partial charge in [0.2, 0.25) is 15.9 Å². The normalized spacial score (nSPS) is 16.2. The Balaban J connectivity index is 1.43. The standard InChI is InChI=1S/C24H24N4O4S/c1-32-21-5-3-17-4-6-22(12-19(17)11-21)33(30,31)27-14-18-8-9-28(24(18)29)15-20-10-16(13-25)2-7-23(20)26/h2-7,10-12,18,27H,8-9,14-15,26H2,1H3. The van der Waals surface area contributed by atoms with Gasteiger partial charge in [-0.25, -0.2) is 13.1 Å². The minimum atomic E-state index is -3.79. The van der Waals surface area contributed by atoms with E-state index >= 15 is 0 Å². The zero-order valence-corrected chi connectivity index (χ0v) is 18.9. The lowest BCUT2D eigenvalue weighted by atomic mass is 10.1. The Labute approximate surface area is 192 Å². The second-order valence-corrected chi connectivity index (χ2v) is 9.76. The van der Waals surface area contributed by atoms with Crippen LogP contribution in [0.25, 0.3) is 10.8 Å². The van der Waals surface area contributed by atoms with Gasteiger partial charge < -0.3 is 15.4 Å². The number of amides is 1. The third kappa shape index (κ3) is 4.77. The molecule has 0 aromatic heterocycles. The fraction of sp³-hybridized carbons (Fsp3) is 0.250. The number of methoxy groups -OCH3 is 1. The molecule has 0 bridgehead atoms. The van der Waals surface area contributed by atoms with Crippen molar-refractivity contribution in [2.75, 3.05) is 25.9 Å². The van der Waals surface area contributed by atoms with Crippen molar-refractivity contribution in [3.8, 4) is 11.8 Å². The minimum absolute atomic E-state index is 0.0154. The van der Waals surface area contributed by atoms with Crippen molar-refractivity contribution < 1.29 is 17.9 Å². The summed E-state index contributed by atoms with van der Waals surface area (Å²) in [5.74, 6) is 0.0472. The van der Waals surface area contributed by atoms with Gasteiger partial charge in [0.1, 0.15) is 5.75 Å². The number of nitrogens with zero attached hydrogens (tertiary/aromatic N) is 2. The number of hydrogen-bond donors (Lipinski definition) is 2. The second-order valence-electron chi connectivity index (χ2n) is 8.00. The number of nitrogen functional groups attached to an aromatic ring is 1. The Bertz CT molecular complexity index is 1360. The Morgan fingerprint density at radius 1 is 1.15 bits per heavy atom. The number of nitrogens with one attached hydrogen (secondary N) is 1. The summed E-state index contributed by atoms with van der Waals surface area (Å²) >= 11 is 0. The Kier molecular flexibility index (Phi) is 6.22. The van der Waals surface area contributed by atoms with Crippen LogP contribution in [0.3, 0.4) is 0 Å². The van der Waals surface area contributed by atoms with Gasteiger partial charge in [0.25, 0.3) is 0 Å². The number of rotatable bonds is 7. The first kappa shape index (κ1) is 22.6. The topological polar surface area (TPSA) is 126 Å². The Hall–Kier alpha value is -3.61. The van der Waals surface area contributed by atoms with Crippen LogP contribution < -0.4 is 15.2 Å². The van der Waals surface area contributed by atoms with E-state index in [1.807, 2.05) is 12.1 Å².